The van der Waals surface area contributed by atoms with Crippen LogP contribution in [0.3, 0.4) is 0 Å². The van der Waals surface area contributed by atoms with E-state index in [-0.39, 0.29) is 23.1 Å². The van der Waals surface area contributed by atoms with Gasteiger partial charge in [0.15, 0.2) is 5.16 Å². The molecular weight excluding hydrogens is 448 g/mol. The number of hydrogen-bond acceptors (Lipinski definition) is 6. The zero-order valence-electron chi connectivity index (χ0n) is 17.5. The lowest BCUT2D eigenvalue weighted by Gasteiger charge is -2.11. The van der Waals surface area contributed by atoms with Crippen LogP contribution in [0.1, 0.15) is 30.2 Å². The number of fused-ring (bicyclic) bond motifs is 1. The average Bonchev–Trinajstić information content (AvgIpc) is 3.13. The van der Waals surface area contributed by atoms with Crippen LogP contribution in [0.25, 0.3) is 10.9 Å². The van der Waals surface area contributed by atoms with Crippen LogP contribution in [0.5, 0.6) is 0 Å². The fourth-order valence-corrected chi connectivity index (χ4v) is 4.25. The molecule has 0 aliphatic rings. The van der Waals surface area contributed by atoms with E-state index in [1.54, 1.807) is 24.3 Å². The van der Waals surface area contributed by atoms with Crippen LogP contribution in [-0.2, 0) is 18.3 Å². The highest BCUT2D eigenvalue weighted by Gasteiger charge is 2.18. The van der Waals surface area contributed by atoms with Gasteiger partial charge in [-0.2, -0.15) is 0 Å². The second-order valence-electron chi connectivity index (χ2n) is 7.21. The molecule has 4 rings (SSSR count). The summed E-state index contributed by atoms with van der Waals surface area (Å²) in [4.78, 5) is 32.1. The van der Waals surface area contributed by atoms with Crippen LogP contribution in [0.4, 0.5) is 5.69 Å². The summed E-state index contributed by atoms with van der Waals surface area (Å²) in [6.45, 7) is 1.95. The maximum absolute atomic E-state index is 12.3. The van der Waals surface area contributed by atoms with Gasteiger partial charge in [0.1, 0.15) is 11.6 Å². The molecule has 0 saturated heterocycles. The number of rotatable bonds is 7. The Labute approximate surface area is 193 Å². The Kier molecular flexibility index (Phi) is 6.57. The number of aromatic amines is 1. The van der Waals surface area contributed by atoms with Crippen LogP contribution in [-0.4, -0.2) is 30.6 Å². The van der Waals surface area contributed by atoms with E-state index in [0.717, 1.165) is 0 Å². The summed E-state index contributed by atoms with van der Waals surface area (Å²) in [5.41, 5.74) is 1.07. The first kappa shape index (κ1) is 22.0. The summed E-state index contributed by atoms with van der Waals surface area (Å²) in [5.74, 6) is 1.11. The topological polar surface area (TPSA) is 106 Å². The number of carbonyl (C=O) groups excluding carboxylic acids is 1. The molecule has 0 saturated carbocycles. The van der Waals surface area contributed by atoms with Gasteiger partial charge in [0.2, 0.25) is 5.91 Å². The van der Waals surface area contributed by atoms with Gasteiger partial charge in [0, 0.05) is 19.9 Å². The standard InChI is InChI=1S/C22H21ClN6O2S/c1-13(20-25-16-9-5-3-7-14(16)21(31)26-20)32-22-28-27-18(29(22)2)11-12-19(30)24-17-10-6-4-8-15(17)23/h3-10,13H,11-12H2,1-2H3,(H,24,30)(H,25,26,31)/t13-/m0/s1. The second kappa shape index (κ2) is 9.54. The smallest absolute Gasteiger partial charge is 0.258 e. The summed E-state index contributed by atoms with van der Waals surface area (Å²) >= 11 is 7.52. The molecule has 2 heterocycles. The molecular formula is C22H21ClN6O2S. The third kappa shape index (κ3) is 4.84. The van der Waals surface area contributed by atoms with Gasteiger partial charge in [0.25, 0.3) is 5.56 Å². The van der Waals surface area contributed by atoms with Crippen molar-refractivity contribution in [3.63, 3.8) is 0 Å². The Bertz CT molecular complexity index is 1340. The lowest BCUT2D eigenvalue weighted by Crippen LogP contribution is -2.14. The third-order valence-corrected chi connectivity index (χ3v) is 6.42. The molecule has 32 heavy (non-hydrogen) atoms. The average molecular weight is 469 g/mol. The lowest BCUT2D eigenvalue weighted by atomic mass is 10.2. The van der Waals surface area contributed by atoms with Gasteiger partial charge in [-0.25, -0.2) is 4.98 Å². The highest BCUT2D eigenvalue weighted by molar-refractivity contribution is 7.99. The number of H-pyrrole nitrogens is 1. The number of amides is 1. The number of benzene rings is 2. The molecule has 0 radical (unpaired) electrons. The van der Waals surface area contributed by atoms with Gasteiger partial charge in [-0.3, -0.25) is 9.59 Å². The lowest BCUT2D eigenvalue weighted by molar-refractivity contribution is -0.116. The molecule has 2 N–H and O–H groups in total. The Morgan fingerprint density at radius 2 is 1.94 bits per heavy atom. The first-order valence-electron chi connectivity index (χ1n) is 10.0. The first-order valence-corrected chi connectivity index (χ1v) is 11.3. The van der Waals surface area contributed by atoms with Crippen molar-refractivity contribution >= 4 is 45.9 Å². The molecule has 8 nitrogen and oxygen atoms in total. The monoisotopic (exact) mass is 468 g/mol. The Balaban J connectivity index is 1.41. The summed E-state index contributed by atoms with van der Waals surface area (Å²) in [7, 11) is 1.85. The number of para-hydroxylation sites is 2. The molecule has 0 spiro atoms. The molecule has 0 aliphatic carbocycles. The van der Waals surface area contributed by atoms with Crippen LogP contribution >= 0.6 is 23.4 Å². The van der Waals surface area contributed by atoms with E-state index in [2.05, 4.69) is 25.5 Å². The van der Waals surface area contributed by atoms with Crippen molar-refractivity contribution in [2.24, 2.45) is 7.05 Å². The molecule has 4 aromatic rings. The number of anilines is 1. The number of aromatic nitrogens is 5. The molecule has 0 aliphatic heterocycles. The van der Waals surface area contributed by atoms with Crippen molar-refractivity contribution in [3.05, 3.63) is 75.6 Å². The predicted octanol–water partition coefficient (Wildman–Crippen LogP) is 4.13. The largest absolute Gasteiger partial charge is 0.325 e. The summed E-state index contributed by atoms with van der Waals surface area (Å²) < 4.78 is 1.85. The fraction of sp³-hybridized carbons (Fsp3) is 0.227. The van der Waals surface area contributed by atoms with Gasteiger partial charge < -0.3 is 14.9 Å². The van der Waals surface area contributed by atoms with Gasteiger partial charge in [-0.1, -0.05) is 47.6 Å². The third-order valence-electron chi connectivity index (χ3n) is 4.95. The van der Waals surface area contributed by atoms with Crippen LogP contribution < -0.4 is 10.9 Å². The molecule has 1 amide bonds. The molecule has 10 heteroatoms. The number of halogens is 1. The molecule has 0 unspecified atom stereocenters. The van der Waals surface area contributed by atoms with Gasteiger partial charge in [-0.05, 0) is 31.2 Å². The second-order valence-corrected chi connectivity index (χ2v) is 8.93. The highest BCUT2D eigenvalue weighted by Crippen LogP contribution is 2.32. The quantitative estimate of drug-likeness (QED) is 0.395. The molecule has 2 aromatic heterocycles. The normalized spacial score (nSPS) is 12.1. The minimum absolute atomic E-state index is 0.147. The Hall–Kier alpha value is -3.17. The zero-order chi connectivity index (χ0) is 22.7. The summed E-state index contributed by atoms with van der Waals surface area (Å²) in [5, 5.41) is 12.9. The number of hydrogen-bond donors (Lipinski definition) is 2. The maximum Gasteiger partial charge on any atom is 0.258 e. The molecule has 1 atom stereocenters. The van der Waals surface area contributed by atoms with Gasteiger partial charge in [-0.15, -0.1) is 10.2 Å². The first-order chi connectivity index (χ1) is 15.4. The predicted molar refractivity (Wildman–Crippen MR) is 126 cm³/mol. The van der Waals surface area contributed by atoms with Crippen molar-refractivity contribution in [1.29, 1.82) is 0 Å². The van der Waals surface area contributed by atoms with Gasteiger partial charge >= 0.3 is 0 Å². The van der Waals surface area contributed by atoms with Crippen LogP contribution in [0.2, 0.25) is 5.02 Å². The highest BCUT2D eigenvalue weighted by atomic mass is 35.5. The Morgan fingerprint density at radius 1 is 1.19 bits per heavy atom. The van der Waals surface area contributed by atoms with Crippen LogP contribution in [0, 0.1) is 0 Å². The number of nitrogens with zero attached hydrogens (tertiary/aromatic N) is 4. The van der Waals surface area contributed by atoms with E-state index in [1.165, 1.54) is 11.8 Å². The molecule has 164 valence electrons. The zero-order valence-corrected chi connectivity index (χ0v) is 19.1. The van der Waals surface area contributed by atoms with Crippen LogP contribution in [0.15, 0.2) is 58.5 Å². The van der Waals surface area contributed by atoms with E-state index in [9.17, 15) is 9.59 Å². The fourth-order valence-electron chi connectivity index (χ4n) is 3.18. The maximum atomic E-state index is 12.3. The summed E-state index contributed by atoms with van der Waals surface area (Å²) in [6, 6.07) is 14.3. The van der Waals surface area contributed by atoms with E-state index >= 15 is 0 Å². The van der Waals surface area contributed by atoms with Crippen molar-refractivity contribution in [2.45, 2.75) is 30.2 Å². The molecule has 0 fully saturated rings. The van der Waals surface area contributed by atoms with Gasteiger partial charge in [0.05, 0.1) is 26.9 Å². The molecule has 2 aromatic carbocycles. The van der Waals surface area contributed by atoms with Crippen molar-refractivity contribution in [3.8, 4) is 0 Å². The minimum atomic E-state index is -0.166. The van der Waals surface area contributed by atoms with E-state index in [0.29, 0.717) is 44.8 Å². The Morgan fingerprint density at radius 3 is 2.75 bits per heavy atom. The van der Waals surface area contributed by atoms with Crippen molar-refractivity contribution in [2.75, 3.05) is 5.32 Å². The summed E-state index contributed by atoms with van der Waals surface area (Å²) in [6.07, 6.45) is 0.677. The van der Waals surface area contributed by atoms with Crippen molar-refractivity contribution in [1.82, 2.24) is 24.7 Å². The SMILES string of the molecule is C[C@H](Sc1nnc(CCC(=O)Nc2ccccc2Cl)n1C)c1nc2ccccc2c(=O)[nH]1. The number of aryl methyl sites for hydroxylation is 1. The van der Waals surface area contributed by atoms with Crippen molar-refractivity contribution < 1.29 is 4.79 Å². The van der Waals surface area contributed by atoms with E-state index < -0.39 is 0 Å². The van der Waals surface area contributed by atoms with E-state index in [1.807, 2.05) is 42.8 Å². The minimum Gasteiger partial charge on any atom is -0.325 e. The van der Waals surface area contributed by atoms with E-state index in [4.69, 9.17) is 11.6 Å². The number of carbonyl (C=O) groups is 1. The number of thioether (sulfide) groups is 1. The molecule has 0 bridgehead atoms. The number of nitrogens with one attached hydrogen (secondary N) is 2.